The van der Waals surface area contributed by atoms with Crippen molar-refractivity contribution in [2.24, 2.45) is 0 Å². The van der Waals surface area contributed by atoms with Crippen LogP contribution in [0.15, 0.2) is 24.3 Å². The van der Waals surface area contributed by atoms with Gasteiger partial charge in [0.15, 0.2) is 0 Å². The number of nitrogens with one attached hydrogen (secondary N) is 1. The lowest BCUT2D eigenvalue weighted by atomic mass is 10.2. The van der Waals surface area contributed by atoms with E-state index in [9.17, 15) is 4.79 Å². The van der Waals surface area contributed by atoms with Gasteiger partial charge in [-0.3, -0.25) is 4.79 Å². The van der Waals surface area contributed by atoms with Crippen LogP contribution in [0.2, 0.25) is 0 Å². The van der Waals surface area contributed by atoms with Crippen molar-refractivity contribution in [3.8, 4) is 6.07 Å². The third kappa shape index (κ3) is 4.76. The summed E-state index contributed by atoms with van der Waals surface area (Å²) >= 11 is 2.94. The molecule has 0 unspecified atom stereocenters. The van der Waals surface area contributed by atoms with Crippen LogP contribution in [0.1, 0.15) is 18.2 Å². The van der Waals surface area contributed by atoms with Crippen LogP contribution in [0.3, 0.4) is 0 Å². The number of nitriles is 1. The Balaban J connectivity index is 0.000000224. The van der Waals surface area contributed by atoms with E-state index in [2.05, 4.69) is 31.7 Å². The second-order valence-corrected chi connectivity index (χ2v) is 4.37. The molecule has 0 amide bonds. The van der Waals surface area contributed by atoms with E-state index >= 15 is 0 Å². The zero-order chi connectivity index (χ0) is 14.3. The predicted octanol–water partition coefficient (Wildman–Crippen LogP) is 3.29. The Bertz CT molecular complexity index is 599. The van der Waals surface area contributed by atoms with Gasteiger partial charge in [0, 0.05) is 16.6 Å². The number of aromatic amines is 1. The van der Waals surface area contributed by atoms with E-state index in [1.54, 1.807) is 6.92 Å². The van der Waals surface area contributed by atoms with Gasteiger partial charge in [-0.15, -0.1) is 0 Å². The van der Waals surface area contributed by atoms with E-state index in [1.807, 2.05) is 31.2 Å². The van der Waals surface area contributed by atoms with Crippen LogP contribution in [0.4, 0.5) is 0 Å². The fraction of sp³-hybridized carbons (Fsp3) is 0.286. The topological polar surface area (TPSA) is 65.9 Å². The summed E-state index contributed by atoms with van der Waals surface area (Å²) in [5.41, 5.74) is 2.92. The highest BCUT2D eigenvalue weighted by atomic mass is 79.9. The number of ether oxygens (including phenoxy) is 1. The van der Waals surface area contributed by atoms with E-state index in [1.165, 1.54) is 0 Å². The van der Waals surface area contributed by atoms with Gasteiger partial charge in [-0.25, -0.2) is 0 Å². The maximum absolute atomic E-state index is 10.1. The van der Waals surface area contributed by atoms with Crippen molar-refractivity contribution in [3.05, 3.63) is 35.5 Å². The zero-order valence-electron chi connectivity index (χ0n) is 10.9. The largest absolute Gasteiger partial charge is 0.465 e. The van der Waals surface area contributed by atoms with Crippen molar-refractivity contribution >= 4 is 32.8 Å². The summed E-state index contributed by atoms with van der Waals surface area (Å²) in [6, 6.07) is 9.79. The van der Waals surface area contributed by atoms with Crippen LogP contribution >= 0.6 is 15.9 Å². The molecular formula is C14H15BrN2O2. The molecule has 0 saturated carbocycles. The van der Waals surface area contributed by atoms with E-state index in [-0.39, 0.29) is 5.97 Å². The van der Waals surface area contributed by atoms with Gasteiger partial charge in [-0.1, -0.05) is 15.9 Å². The summed E-state index contributed by atoms with van der Waals surface area (Å²) in [5, 5.41) is 10.0. The van der Waals surface area contributed by atoms with Crippen LogP contribution in [0.25, 0.3) is 10.9 Å². The van der Waals surface area contributed by atoms with Crippen molar-refractivity contribution < 1.29 is 9.53 Å². The Kier molecular flexibility index (Phi) is 6.10. The molecule has 0 fully saturated rings. The van der Waals surface area contributed by atoms with Crippen molar-refractivity contribution in [1.82, 2.24) is 4.98 Å². The number of halogens is 1. The van der Waals surface area contributed by atoms with Gasteiger partial charge in [0.05, 0.1) is 18.2 Å². The lowest BCUT2D eigenvalue weighted by molar-refractivity contribution is -0.139. The highest BCUT2D eigenvalue weighted by molar-refractivity contribution is 9.09. The van der Waals surface area contributed by atoms with E-state index in [4.69, 9.17) is 5.26 Å². The van der Waals surface area contributed by atoms with Gasteiger partial charge in [-0.2, -0.15) is 5.26 Å². The van der Waals surface area contributed by atoms with Gasteiger partial charge >= 0.3 is 5.97 Å². The number of benzene rings is 1. The number of H-pyrrole nitrogens is 1. The average molecular weight is 323 g/mol. The van der Waals surface area contributed by atoms with Gasteiger partial charge < -0.3 is 9.72 Å². The molecule has 2 aromatic rings. The number of alkyl halides is 1. The lowest BCUT2D eigenvalue weighted by Crippen LogP contribution is -2.03. The Morgan fingerprint density at radius 3 is 2.74 bits per heavy atom. The molecule has 4 nitrogen and oxygen atoms in total. The molecule has 2 rings (SSSR count). The van der Waals surface area contributed by atoms with Crippen LogP contribution in [-0.4, -0.2) is 22.9 Å². The Morgan fingerprint density at radius 2 is 2.21 bits per heavy atom. The fourth-order valence-electron chi connectivity index (χ4n) is 1.55. The first-order valence-electron chi connectivity index (χ1n) is 5.81. The molecule has 0 spiro atoms. The number of carbonyl (C=O) groups is 1. The molecule has 1 heterocycles. The zero-order valence-corrected chi connectivity index (χ0v) is 12.5. The predicted molar refractivity (Wildman–Crippen MR) is 78.2 cm³/mol. The summed E-state index contributed by atoms with van der Waals surface area (Å²) in [6.07, 6.45) is 0. The number of aromatic nitrogens is 1. The van der Waals surface area contributed by atoms with Gasteiger partial charge in [0.25, 0.3) is 0 Å². The molecule has 0 atom stereocenters. The maximum Gasteiger partial charge on any atom is 0.316 e. The quantitative estimate of drug-likeness (QED) is 0.681. The number of aryl methyl sites for hydroxylation is 1. The highest BCUT2D eigenvalue weighted by Gasteiger charge is 1.97. The Hall–Kier alpha value is -1.80. The second-order valence-electron chi connectivity index (χ2n) is 3.80. The van der Waals surface area contributed by atoms with Crippen LogP contribution in [-0.2, 0) is 9.53 Å². The summed E-state index contributed by atoms with van der Waals surface area (Å²) in [7, 11) is 0. The SMILES string of the molecule is CCOC(=O)CBr.Cc1cc2cc(C#N)ccc2[nH]1. The summed E-state index contributed by atoms with van der Waals surface area (Å²) < 4.78 is 4.51. The fourth-order valence-corrected chi connectivity index (χ4v) is 1.71. The third-order valence-electron chi connectivity index (χ3n) is 2.30. The Morgan fingerprint density at radius 1 is 1.47 bits per heavy atom. The highest BCUT2D eigenvalue weighted by Crippen LogP contribution is 2.15. The van der Waals surface area contributed by atoms with Gasteiger partial charge in [0.1, 0.15) is 5.33 Å². The van der Waals surface area contributed by atoms with E-state index < -0.39 is 0 Å². The molecule has 0 aliphatic carbocycles. The number of rotatable bonds is 2. The molecular weight excluding hydrogens is 308 g/mol. The van der Waals surface area contributed by atoms with Gasteiger partial charge in [-0.05, 0) is 38.1 Å². The number of fused-ring (bicyclic) bond motifs is 1. The average Bonchev–Trinajstić information content (AvgIpc) is 2.78. The van der Waals surface area contributed by atoms with Crippen molar-refractivity contribution in [3.63, 3.8) is 0 Å². The minimum absolute atomic E-state index is 0.206. The minimum atomic E-state index is -0.206. The van der Waals surface area contributed by atoms with Crippen LogP contribution in [0.5, 0.6) is 0 Å². The molecule has 0 saturated heterocycles. The maximum atomic E-state index is 10.1. The first kappa shape index (κ1) is 15.3. The molecule has 0 aliphatic heterocycles. The molecule has 1 N–H and O–H groups in total. The Labute approximate surface area is 120 Å². The number of carbonyl (C=O) groups excluding carboxylic acids is 1. The molecule has 0 bridgehead atoms. The van der Waals surface area contributed by atoms with Crippen molar-refractivity contribution in [2.75, 3.05) is 11.9 Å². The van der Waals surface area contributed by atoms with E-state index in [0.29, 0.717) is 17.5 Å². The number of esters is 1. The minimum Gasteiger partial charge on any atom is -0.465 e. The molecule has 1 aromatic heterocycles. The van der Waals surface area contributed by atoms with Crippen LogP contribution < -0.4 is 0 Å². The van der Waals surface area contributed by atoms with Crippen LogP contribution in [0, 0.1) is 18.3 Å². The molecule has 19 heavy (non-hydrogen) atoms. The standard InChI is InChI=1S/C10H8N2.C4H7BrO2/c1-7-4-9-5-8(6-11)2-3-10(9)12-7;1-2-7-4(6)3-5/h2-5,12H,1H3;2-3H2,1H3. The monoisotopic (exact) mass is 322 g/mol. The molecule has 5 heteroatoms. The van der Waals surface area contributed by atoms with Gasteiger partial charge in [0.2, 0.25) is 0 Å². The normalized spacial score (nSPS) is 9.37. The number of nitrogens with zero attached hydrogens (tertiary/aromatic N) is 1. The third-order valence-corrected chi connectivity index (χ3v) is 2.76. The molecule has 100 valence electrons. The first-order valence-corrected chi connectivity index (χ1v) is 6.94. The first-order chi connectivity index (χ1) is 9.10. The van der Waals surface area contributed by atoms with Crippen molar-refractivity contribution in [2.45, 2.75) is 13.8 Å². The van der Waals surface area contributed by atoms with E-state index in [0.717, 1.165) is 16.6 Å². The summed E-state index contributed by atoms with van der Waals surface area (Å²) in [4.78, 5) is 13.3. The number of hydrogen-bond acceptors (Lipinski definition) is 3. The molecule has 0 aliphatic rings. The lowest BCUT2D eigenvalue weighted by Gasteiger charge is -1.92. The summed E-state index contributed by atoms with van der Waals surface area (Å²) in [5.74, 6) is -0.206. The van der Waals surface area contributed by atoms with Crippen molar-refractivity contribution in [1.29, 1.82) is 5.26 Å². The molecule has 0 radical (unpaired) electrons. The number of hydrogen-bond donors (Lipinski definition) is 1. The smallest absolute Gasteiger partial charge is 0.316 e. The molecule has 1 aromatic carbocycles. The summed E-state index contributed by atoms with van der Waals surface area (Å²) in [6.45, 7) is 4.25. The second kappa shape index (κ2) is 7.59.